The van der Waals surface area contributed by atoms with Gasteiger partial charge < -0.3 is 20.4 Å². The van der Waals surface area contributed by atoms with E-state index < -0.39 is 15.7 Å². The molecule has 0 atom stereocenters. The van der Waals surface area contributed by atoms with E-state index in [0.29, 0.717) is 34.8 Å². The number of rotatable bonds is 10. The van der Waals surface area contributed by atoms with Crippen LogP contribution in [-0.2, 0) is 16.4 Å². The lowest BCUT2D eigenvalue weighted by molar-refractivity contribution is 0.0990. The second-order valence-corrected chi connectivity index (χ2v) is 12.4. The number of nitrogens with one attached hydrogen (secondary N) is 1. The predicted molar refractivity (Wildman–Crippen MR) is 172 cm³/mol. The minimum Gasteiger partial charge on any atom is -0.497 e. The van der Waals surface area contributed by atoms with Crippen molar-refractivity contribution in [2.75, 3.05) is 12.4 Å². The van der Waals surface area contributed by atoms with E-state index in [0.717, 1.165) is 22.4 Å². The number of anilines is 1. The Hall–Kier alpha value is -5.41. The molecule has 222 valence electrons. The molecule has 4 aromatic carbocycles. The Morgan fingerprint density at radius 2 is 1.50 bits per heavy atom. The van der Waals surface area contributed by atoms with Crippen molar-refractivity contribution in [3.8, 4) is 28.1 Å². The van der Waals surface area contributed by atoms with Gasteiger partial charge in [-0.25, -0.2) is 8.42 Å². The van der Waals surface area contributed by atoms with Crippen molar-refractivity contribution < 1.29 is 22.7 Å². The molecule has 0 aliphatic carbocycles. The van der Waals surface area contributed by atoms with Crippen molar-refractivity contribution in [1.82, 2.24) is 4.57 Å². The van der Waals surface area contributed by atoms with E-state index in [-0.39, 0.29) is 15.7 Å². The smallest absolute Gasteiger partial charge is 0.266 e. The topological polar surface area (TPSA) is 120 Å². The predicted octanol–water partition coefficient (Wildman–Crippen LogP) is 6.54. The highest BCUT2D eigenvalue weighted by molar-refractivity contribution is 7.95. The van der Waals surface area contributed by atoms with Crippen LogP contribution < -0.4 is 15.8 Å². The summed E-state index contributed by atoms with van der Waals surface area (Å²) in [6, 6.07) is 32.1. The number of carbonyl (C=O) groups is 2. The van der Waals surface area contributed by atoms with Crippen molar-refractivity contribution in [3.63, 3.8) is 0 Å². The molecule has 0 spiro atoms. The van der Waals surface area contributed by atoms with E-state index in [2.05, 4.69) is 11.9 Å². The zero-order chi connectivity index (χ0) is 31.4. The van der Waals surface area contributed by atoms with Gasteiger partial charge in [0.2, 0.25) is 9.84 Å². The van der Waals surface area contributed by atoms with Gasteiger partial charge in [0.15, 0.2) is 0 Å². The maximum atomic E-state index is 12.9. The van der Waals surface area contributed by atoms with Gasteiger partial charge in [0.25, 0.3) is 11.8 Å². The number of hydrogen-bond donors (Lipinski definition) is 2. The Morgan fingerprint density at radius 3 is 2.07 bits per heavy atom. The number of benzene rings is 4. The quantitative estimate of drug-likeness (QED) is 0.187. The molecule has 0 saturated heterocycles. The Kier molecular flexibility index (Phi) is 8.50. The van der Waals surface area contributed by atoms with Gasteiger partial charge in [-0.2, -0.15) is 0 Å². The fraction of sp³-hybridized carbons (Fsp3) is 0.0857. The number of nitrogens with two attached hydrogens (primary N) is 1. The molecule has 0 unspecified atom stereocenters. The van der Waals surface area contributed by atoms with Crippen LogP contribution in [0.2, 0.25) is 0 Å². The number of sulfone groups is 1. The van der Waals surface area contributed by atoms with Gasteiger partial charge in [-0.3, -0.25) is 9.59 Å². The largest absolute Gasteiger partial charge is 0.497 e. The molecule has 9 heteroatoms. The highest BCUT2D eigenvalue weighted by atomic mass is 32.2. The third-order valence-corrected chi connectivity index (χ3v) is 9.05. The van der Waals surface area contributed by atoms with E-state index in [1.807, 2.05) is 77.4 Å². The van der Waals surface area contributed by atoms with Crippen LogP contribution in [0.4, 0.5) is 5.69 Å². The van der Waals surface area contributed by atoms with Crippen LogP contribution in [0, 0.1) is 0 Å². The third-order valence-electron chi connectivity index (χ3n) is 7.24. The average Bonchev–Trinajstić information content (AvgIpc) is 3.41. The SMILES string of the molecule is C=C(C)S(=O)(=O)c1ccc(NC(=O)c2ccc(Cn3c(-c4ccccc4)cc(-c4ccc(OC)cc4)c3C(N)=O)cc2)cc1. The van der Waals surface area contributed by atoms with Crippen LogP contribution in [0.1, 0.15) is 33.3 Å². The van der Waals surface area contributed by atoms with Crippen LogP contribution in [0.5, 0.6) is 5.75 Å². The molecule has 1 aromatic heterocycles. The van der Waals surface area contributed by atoms with Crippen molar-refractivity contribution >= 4 is 27.3 Å². The van der Waals surface area contributed by atoms with Gasteiger partial charge in [-0.15, -0.1) is 0 Å². The van der Waals surface area contributed by atoms with E-state index >= 15 is 0 Å². The third kappa shape index (κ3) is 6.18. The fourth-order valence-electron chi connectivity index (χ4n) is 4.88. The highest BCUT2D eigenvalue weighted by Crippen LogP contribution is 2.34. The van der Waals surface area contributed by atoms with Gasteiger partial charge in [-0.1, -0.05) is 61.2 Å². The van der Waals surface area contributed by atoms with Crippen LogP contribution in [0.15, 0.2) is 126 Å². The number of allylic oxidation sites excluding steroid dienone is 1. The molecule has 2 amide bonds. The lowest BCUT2D eigenvalue weighted by atomic mass is 10.0. The molecular formula is C35H31N3O5S. The van der Waals surface area contributed by atoms with Gasteiger partial charge >= 0.3 is 0 Å². The fourth-order valence-corrected chi connectivity index (χ4v) is 5.78. The first kappa shape index (κ1) is 30.1. The number of amides is 2. The zero-order valence-electron chi connectivity index (χ0n) is 24.3. The van der Waals surface area contributed by atoms with Crippen LogP contribution in [0.25, 0.3) is 22.4 Å². The molecule has 0 saturated carbocycles. The minimum atomic E-state index is -3.59. The number of hydrogen-bond acceptors (Lipinski definition) is 5. The van der Waals surface area contributed by atoms with E-state index in [1.54, 1.807) is 19.2 Å². The van der Waals surface area contributed by atoms with Crippen molar-refractivity contribution in [1.29, 1.82) is 0 Å². The molecule has 0 bridgehead atoms. The summed E-state index contributed by atoms with van der Waals surface area (Å²) in [5, 5.41) is 2.79. The van der Waals surface area contributed by atoms with Gasteiger partial charge in [0.05, 0.1) is 12.0 Å². The molecule has 44 heavy (non-hydrogen) atoms. The number of ether oxygens (including phenoxy) is 1. The van der Waals surface area contributed by atoms with Crippen molar-refractivity contribution in [3.05, 3.63) is 137 Å². The molecule has 5 aromatic rings. The number of methoxy groups -OCH3 is 1. The summed E-state index contributed by atoms with van der Waals surface area (Å²) in [5.74, 6) is -0.206. The normalized spacial score (nSPS) is 11.1. The van der Waals surface area contributed by atoms with Gasteiger partial charge in [0.1, 0.15) is 11.4 Å². The van der Waals surface area contributed by atoms with E-state index in [1.165, 1.54) is 31.2 Å². The van der Waals surface area contributed by atoms with Gasteiger partial charge in [0, 0.05) is 34.0 Å². The first-order chi connectivity index (χ1) is 21.1. The summed E-state index contributed by atoms with van der Waals surface area (Å²) in [6.07, 6.45) is 0. The summed E-state index contributed by atoms with van der Waals surface area (Å²) in [6.45, 7) is 5.28. The first-order valence-electron chi connectivity index (χ1n) is 13.7. The molecule has 0 radical (unpaired) electrons. The summed E-state index contributed by atoms with van der Waals surface area (Å²) in [7, 11) is -2.00. The minimum absolute atomic E-state index is 0.0464. The van der Waals surface area contributed by atoms with Gasteiger partial charge in [-0.05, 0) is 78.2 Å². The number of nitrogens with zero attached hydrogens (tertiary/aromatic N) is 1. The average molecular weight is 606 g/mol. The highest BCUT2D eigenvalue weighted by Gasteiger charge is 2.22. The summed E-state index contributed by atoms with van der Waals surface area (Å²) < 4.78 is 31.8. The molecule has 0 aliphatic heterocycles. The molecular weight excluding hydrogens is 574 g/mol. The molecule has 0 aliphatic rings. The van der Waals surface area contributed by atoms with Crippen LogP contribution in [-0.4, -0.2) is 31.9 Å². The lowest BCUT2D eigenvalue weighted by Crippen LogP contribution is -2.19. The molecule has 0 fully saturated rings. The lowest BCUT2D eigenvalue weighted by Gasteiger charge is -2.14. The Morgan fingerprint density at radius 1 is 0.864 bits per heavy atom. The second kappa shape index (κ2) is 12.4. The van der Waals surface area contributed by atoms with Crippen LogP contribution >= 0.6 is 0 Å². The molecule has 8 nitrogen and oxygen atoms in total. The molecule has 3 N–H and O–H groups in total. The maximum absolute atomic E-state index is 12.9. The second-order valence-electron chi connectivity index (χ2n) is 10.2. The summed E-state index contributed by atoms with van der Waals surface area (Å²) >= 11 is 0. The Labute approximate surface area is 256 Å². The molecule has 5 rings (SSSR count). The molecule has 1 heterocycles. The Bertz CT molecular complexity index is 1940. The van der Waals surface area contributed by atoms with Crippen LogP contribution in [0.3, 0.4) is 0 Å². The van der Waals surface area contributed by atoms with E-state index in [4.69, 9.17) is 10.5 Å². The van der Waals surface area contributed by atoms with Crippen molar-refractivity contribution in [2.24, 2.45) is 5.73 Å². The number of primary amides is 1. The Balaban J connectivity index is 1.43. The zero-order valence-corrected chi connectivity index (χ0v) is 25.1. The first-order valence-corrected chi connectivity index (χ1v) is 15.2. The number of aromatic nitrogens is 1. The van der Waals surface area contributed by atoms with Crippen molar-refractivity contribution in [2.45, 2.75) is 18.4 Å². The summed E-state index contributed by atoms with van der Waals surface area (Å²) in [5.41, 5.74) is 11.3. The van der Waals surface area contributed by atoms with E-state index in [9.17, 15) is 18.0 Å². The number of carbonyl (C=O) groups excluding carboxylic acids is 2. The maximum Gasteiger partial charge on any atom is 0.266 e. The monoisotopic (exact) mass is 605 g/mol. The standard InChI is InChI=1S/C35H31N3O5S/c1-23(2)44(41,42)30-19-15-28(16-20-30)37-35(40)27-11-9-24(10-12-27)22-38-32(26-7-5-4-6-8-26)21-31(33(38)34(36)39)25-13-17-29(43-3)18-14-25/h4-21H,1,22H2,2-3H3,(H2,36,39)(H,37,40). The summed E-state index contributed by atoms with van der Waals surface area (Å²) in [4.78, 5) is 26.0.